The topological polar surface area (TPSA) is 9.23 Å². The van der Waals surface area contributed by atoms with E-state index in [1.165, 1.54) is 50.6 Å². The highest BCUT2D eigenvalue weighted by molar-refractivity contribution is 6.51. The Morgan fingerprint density at radius 3 is 2.85 bits per heavy atom. The molecule has 1 saturated heterocycles. The third-order valence-corrected chi connectivity index (χ3v) is 5.52. The lowest BCUT2D eigenvalue weighted by molar-refractivity contribution is 0.285. The van der Waals surface area contributed by atoms with Crippen LogP contribution in [0.2, 0.25) is 12.1 Å². The van der Waals surface area contributed by atoms with Gasteiger partial charge in [0.1, 0.15) is 0 Å². The summed E-state index contributed by atoms with van der Waals surface area (Å²) in [6.45, 7) is 4.79. The summed E-state index contributed by atoms with van der Waals surface area (Å²) >= 11 is 0. The molecule has 1 nitrogen and oxygen atoms in total. The second-order valence-electron chi connectivity index (χ2n) is 3.92. The Hall–Kier alpha value is -0.0831. The van der Waals surface area contributed by atoms with Crippen LogP contribution in [-0.4, -0.2) is 15.6 Å². The molecule has 0 N–H and O–H groups in total. The minimum atomic E-state index is -0.704. The summed E-state index contributed by atoms with van der Waals surface area (Å²) in [4.78, 5) is 0. The molecule has 0 amide bonds. The number of hydrogen-bond donors (Lipinski definition) is 0. The molecule has 1 atom stereocenters. The van der Waals surface area contributed by atoms with Gasteiger partial charge in [-0.2, -0.15) is 0 Å². The minimum absolute atomic E-state index is 0.704. The third-order valence-electron chi connectivity index (χ3n) is 2.71. The van der Waals surface area contributed by atoms with Crippen molar-refractivity contribution in [3.05, 3.63) is 12.7 Å². The van der Waals surface area contributed by atoms with E-state index in [1.807, 2.05) is 6.08 Å². The van der Waals surface area contributed by atoms with Crippen LogP contribution in [0.25, 0.3) is 0 Å². The maximum Gasteiger partial charge on any atom is 0.176 e. The molecule has 0 aromatic rings. The van der Waals surface area contributed by atoms with Crippen molar-refractivity contribution in [2.45, 2.75) is 50.6 Å². The van der Waals surface area contributed by atoms with E-state index >= 15 is 0 Å². The zero-order chi connectivity index (χ0) is 9.36. The fourth-order valence-electron chi connectivity index (χ4n) is 1.87. The van der Waals surface area contributed by atoms with Crippen LogP contribution < -0.4 is 0 Å². The SMILES string of the molecule is C=CCCCCC[SiH]1CCCCO1. The van der Waals surface area contributed by atoms with Gasteiger partial charge in [0, 0.05) is 6.61 Å². The van der Waals surface area contributed by atoms with Crippen molar-refractivity contribution in [3.63, 3.8) is 0 Å². The Kier molecular flexibility index (Phi) is 6.20. The molecule has 1 unspecified atom stereocenters. The van der Waals surface area contributed by atoms with E-state index in [0.29, 0.717) is 0 Å². The summed E-state index contributed by atoms with van der Waals surface area (Å²) in [5.41, 5.74) is 0. The highest BCUT2D eigenvalue weighted by Crippen LogP contribution is 2.17. The molecule has 1 fully saturated rings. The van der Waals surface area contributed by atoms with Crippen molar-refractivity contribution in [1.29, 1.82) is 0 Å². The van der Waals surface area contributed by atoms with Gasteiger partial charge < -0.3 is 4.43 Å². The monoisotopic (exact) mass is 198 g/mol. The Labute approximate surface area is 83.9 Å². The Bertz CT molecular complexity index is 130. The molecular formula is C11H22OSi. The zero-order valence-electron chi connectivity index (χ0n) is 8.63. The van der Waals surface area contributed by atoms with E-state index in [1.54, 1.807) is 0 Å². The van der Waals surface area contributed by atoms with Crippen LogP contribution in [0.5, 0.6) is 0 Å². The summed E-state index contributed by atoms with van der Waals surface area (Å²) in [6, 6.07) is 2.85. The Balaban J connectivity index is 1.89. The lowest BCUT2D eigenvalue weighted by atomic mass is 10.2. The molecule has 0 saturated carbocycles. The molecule has 1 aliphatic heterocycles. The van der Waals surface area contributed by atoms with Gasteiger partial charge in [-0.05, 0) is 31.4 Å². The van der Waals surface area contributed by atoms with E-state index < -0.39 is 9.04 Å². The summed E-state index contributed by atoms with van der Waals surface area (Å²) < 4.78 is 5.80. The second kappa shape index (κ2) is 7.33. The molecule has 1 aliphatic rings. The lowest BCUT2D eigenvalue weighted by Crippen LogP contribution is -2.22. The first-order chi connectivity index (χ1) is 6.43. The summed E-state index contributed by atoms with van der Waals surface area (Å²) in [6.07, 6.45) is 10.0. The van der Waals surface area contributed by atoms with Crippen LogP contribution in [-0.2, 0) is 4.43 Å². The normalized spacial score (nSPS) is 22.9. The Morgan fingerprint density at radius 2 is 2.15 bits per heavy atom. The Morgan fingerprint density at radius 1 is 1.23 bits per heavy atom. The van der Waals surface area contributed by atoms with Crippen molar-refractivity contribution in [3.8, 4) is 0 Å². The van der Waals surface area contributed by atoms with E-state index in [-0.39, 0.29) is 0 Å². The minimum Gasteiger partial charge on any atom is -0.420 e. The molecule has 2 heteroatoms. The molecule has 0 spiro atoms. The molecule has 0 aliphatic carbocycles. The van der Waals surface area contributed by atoms with Gasteiger partial charge in [0.2, 0.25) is 0 Å². The van der Waals surface area contributed by atoms with Gasteiger partial charge >= 0.3 is 0 Å². The third kappa shape index (κ3) is 5.27. The molecule has 1 rings (SSSR count). The van der Waals surface area contributed by atoms with Crippen molar-refractivity contribution in [2.24, 2.45) is 0 Å². The van der Waals surface area contributed by atoms with Gasteiger partial charge in [-0.15, -0.1) is 6.58 Å². The van der Waals surface area contributed by atoms with Gasteiger partial charge in [-0.3, -0.25) is 0 Å². The quantitative estimate of drug-likeness (QED) is 0.361. The van der Waals surface area contributed by atoms with Crippen molar-refractivity contribution >= 4 is 9.04 Å². The first-order valence-corrected chi connectivity index (χ1v) is 7.76. The second-order valence-corrected chi connectivity index (χ2v) is 6.65. The first-order valence-electron chi connectivity index (χ1n) is 5.66. The fourth-order valence-corrected chi connectivity index (χ4v) is 4.48. The molecule has 76 valence electrons. The maximum atomic E-state index is 5.80. The van der Waals surface area contributed by atoms with Crippen molar-refractivity contribution in [1.82, 2.24) is 0 Å². The predicted octanol–water partition coefficient (Wildman–Crippen LogP) is 3.27. The predicted molar refractivity (Wildman–Crippen MR) is 60.6 cm³/mol. The molecule has 13 heavy (non-hydrogen) atoms. The number of allylic oxidation sites excluding steroid dienone is 1. The van der Waals surface area contributed by atoms with E-state index in [4.69, 9.17) is 4.43 Å². The summed E-state index contributed by atoms with van der Waals surface area (Å²) in [5.74, 6) is 0. The van der Waals surface area contributed by atoms with Crippen LogP contribution in [0.4, 0.5) is 0 Å². The van der Waals surface area contributed by atoms with Gasteiger partial charge in [-0.25, -0.2) is 0 Å². The van der Waals surface area contributed by atoms with E-state index in [0.717, 1.165) is 6.61 Å². The summed E-state index contributed by atoms with van der Waals surface area (Å²) in [5, 5.41) is 0. The van der Waals surface area contributed by atoms with E-state index in [2.05, 4.69) is 6.58 Å². The summed E-state index contributed by atoms with van der Waals surface area (Å²) in [7, 11) is -0.704. The van der Waals surface area contributed by atoms with Crippen LogP contribution in [0.1, 0.15) is 38.5 Å². The molecule has 0 aromatic carbocycles. The fraction of sp³-hybridized carbons (Fsp3) is 0.818. The number of rotatable bonds is 6. The molecule has 0 radical (unpaired) electrons. The molecule has 1 heterocycles. The van der Waals surface area contributed by atoms with Crippen LogP contribution >= 0.6 is 0 Å². The molecular weight excluding hydrogens is 176 g/mol. The highest BCUT2D eigenvalue weighted by atomic mass is 28.3. The molecule has 0 bridgehead atoms. The van der Waals surface area contributed by atoms with Gasteiger partial charge in [0.15, 0.2) is 9.04 Å². The highest BCUT2D eigenvalue weighted by Gasteiger charge is 2.14. The van der Waals surface area contributed by atoms with Gasteiger partial charge in [0.25, 0.3) is 0 Å². The number of unbranched alkanes of at least 4 members (excludes halogenated alkanes) is 3. The van der Waals surface area contributed by atoms with Crippen LogP contribution in [0.3, 0.4) is 0 Å². The largest absolute Gasteiger partial charge is 0.420 e. The molecule has 0 aromatic heterocycles. The smallest absolute Gasteiger partial charge is 0.176 e. The van der Waals surface area contributed by atoms with E-state index in [9.17, 15) is 0 Å². The number of hydrogen-bond acceptors (Lipinski definition) is 1. The zero-order valence-corrected chi connectivity index (χ0v) is 9.79. The average Bonchev–Trinajstić information content (AvgIpc) is 2.19. The van der Waals surface area contributed by atoms with Gasteiger partial charge in [-0.1, -0.05) is 25.3 Å². The maximum absolute atomic E-state index is 5.80. The van der Waals surface area contributed by atoms with Crippen molar-refractivity contribution < 1.29 is 4.43 Å². The average molecular weight is 198 g/mol. The van der Waals surface area contributed by atoms with Crippen LogP contribution in [0.15, 0.2) is 12.7 Å². The van der Waals surface area contributed by atoms with Crippen LogP contribution in [0, 0.1) is 0 Å². The van der Waals surface area contributed by atoms with Gasteiger partial charge in [0.05, 0.1) is 0 Å². The lowest BCUT2D eigenvalue weighted by Gasteiger charge is -2.20. The first kappa shape index (κ1) is 11.0. The standard InChI is InChI=1S/C11H22OSi/c1-2-3-4-5-7-10-13-11-8-6-9-12-13/h2,13H,1,3-11H2. The van der Waals surface area contributed by atoms with Crippen molar-refractivity contribution in [2.75, 3.05) is 6.61 Å².